The normalized spacial score (nSPS) is 10.6. The highest BCUT2D eigenvalue weighted by molar-refractivity contribution is 6.01. The fraction of sp³-hybridized carbons (Fsp3) is 0.364. The highest BCUT2D eigenvalue weighted by Crippen LogP contribution is 2.32. The summed E-state index contributed by atoms with van der Waals surface area (Å²) in [6.45, 7) is 3.29. The molecule has 0 heterocycles. The number of nitrogens with two attached hydrogens (primary N) is 1. The van der Waals surface area contributed by atoms with Crippen LogP contribution in [0, 0.1) is 0 Å². The number of halogens is 2. The molecule has 0 aliphatic rings. The first-order valence-corrected chi connectivity index (χ1v) is 4.82. The van der Waals surface area contributed by atoms with Crippen LogP contribution < -0.4 is 10.5 Å². The van der Waals surface area contributed by atoms with E-state index in [-0.39, 0.29) is 22.6 Å². The lowest BCUT2D eigenvalue weighted by molar-refractivity contribution is 0.1000. The molecule has 0 aliphatic carbocycles. The van der Waals surface area contributed by atoms with E-state index in [2.05, 4.69) is 0 Å². The Morgan fingerprint density at radius 3 is 2.56 bits per heavy atom. The van der Waals surface area contributed by atoms with Gasteiger partial charge in [-0.15, -0.1) is 0 Å². The highest BCUT2D eigenvalue weighted by atomic mass is 19.3. The first kappa shape index (κ1) is 12.4. The molecule has 0 aliphatic heterocycles. The lowest BCUT2D eigenvalue weighted by Crippen LogP contribution is -2.06. The molecule has 0 bridgehead atoms. The van der Waals surface area contributed by atoms with Crippen molar-refractivity contribution in [1.29, 1.82) is 0 Å². The molecule has 0 spiro atoms. The van der Waals surface area contributed by atoms with Gasteiger partial charge in [-0.25, -0.2) is 8.78 Å². The van der Waals surface area contributed by atoms with Crippen molar-refractivity contribution in [2.45, 2.75) is 20.3 Å². The zero-order valence-corrected chi connectivity index (χ0v) is 9.09. The molecule has 3 nitrogen and oxygen atoms in total. The Morgan fingerprint density at radius 2 is 2.12 bits per heavy atom. The monoisotopic (exact) mass is 229 g/mol. The maximum atomic E-state index is 12.7. The van der Waals surface area contributed by atoms with Gasteiger partial charge in [-0.2, -0.15) is 0 Å². The summed E-state index contributed by atoms with van der Waals surface area (Å²) >= 11 is 0. The van der Waals surface area contributed by atoms with Crippen LogP contribution in [0.4, 0.5) is 14.5 Å². The molecule has 0 saturated heterocycles. The van der Waals surface area contributed by atoms with Gasteiger partial charge in [0.25, 0.3) is 6.43 Å². The highest BCUT2D eigenvalue weighted by Gasteiger charge is 2.20. The number of rotatable bonds is 4. The predicted octanol–water partition coefficient (Wildman–Crippen LogP) is 2.81. The Bertz CT molecular complexity index is 405. The third-order valence-electron chi connectivity index (χ3n) is 2.07. The van der Waals surface area contributed by atoms with Crippen LogP contribution in [-0.4, -0.2) is 12.4 Å². The predicted molar refractivity (Wildman–Crippen MR) is 57.0 cm³/mol. The zero-order chi connectivity index (χ0) is 12.3. The zero-order valence-electron chi connectivity index (χ0n) is 9.09. The second-order valence-corrected chi connectivity index (χ2v) is 3.27. The summed E-state index contributed by atoms with van der Waals surface area (Å²) < 4.78 is 30.5. The molecule has 0 atom stereocenters. The summed E-state index contributed by atoms with van der Waals surface area (Å²) in [5, 5.41) is 0. The molecule has 0 radical (unpaired) electrons. The van der Waals surface area contributed by atoms with Crippen LogP contribution in [0.2, 0.25) is 0 Å². The van der Waals surface area contributed by atoms with Gasteiger partial charge in [0, 0.05) is 22.9 Å². The smallest absolute Gasteiger partial charge is 0.264 e. The van der Waals surface area contributed by atoms with Crippen molar-refractivity contribution >= 4 is 11.5 Å². The van der Waals surface area contributed by atoms with Crippen LogP contribution in [0.15, 0.2) is 12.1 Å². The lowest BCUT2D eigenvalue weighted by atomic mass is 10.0. The number of anilines is 1. The number of alkyl halides is 2. The summed E-state index contributed by atoms with van der Waals surface area (Å²) in [4.78, 5) is 11.2. The summed E-state index contributed by atoms with van der Waals surface area (Å²) in [7, 11) is 0. The van der Waals surface area contributed by atoms with Gasteiger partial charge in [0.2, 0.25) is 0 Å². The molecule has 1 rings (SSSR count). The van der Waals surface area contributed by atoms with E-state index in [1.54, 1.807) is 6.92 Å². The minimum Gasteiger partial charge on any atom is -0.494 e. The Morgan fingerprint density at radius 1 is 1.50 bits per heavy atom. The van der Waals surface area contributed by atoms with Gasteiger partial charge in [0.15, 0.2) is 5.78 Å². The summed E-state index contributed by atoms with van der Waals surface area (Å²) in [6, 6.07) is 2.54. The number of ether oxygens (including phenoxy) is 1. The third-order valence-corrected chi connectivity index (χ3v) is 2.07. The van der Waals surface area contributed by atoms with Crippen LogP contribution in [-0.2, 0) is 0 Å². The molecule has 88 valence electrons. The van der Waals surface area contributed by atoms with Crippen LogP contribution in [0.5, 0.6) is 5.75 Å². The van der Waals surface area contributed by atoms with E-state index >= 15 is 0 Å². The van der Waals surface area contributed by atoms with Gasteiger partial charge in [0.05, 0.1) is 6.61 Å². The van der Waals surface area contributed by atoms with E-state index in [0.29, 0.717) is 6.61 Å². The minimum absolute atomic E-state index is 0.0220. The second-order valence-electron chi connectivity index (χ2n) is 3.27. The average molecular weight is 229 g/mol. The number of nitrogen functional groups attached to an aromatic ring is 1. The van der Waals surface area contributed by atoms with Gasteiger partial charge < -0.3 is 10.5 Å². The van der Waals surface area contributed by atoms with Crippen molar-refractivity contribution in [3.63, 3.8) is 0 Å². The second kappa shape index (κ2) is 4.92. The van der Waals surface area contributed by atoms with E-state index in [1.807, 2.05) is 0 Å². The number of Topliss-reactive ketones (excluding diaryl/α,β-unsaturated/α-hetero) is 1. The first-order chi connectivity index (χ1) is 7.47. The fourth-order valence-corrected chi connectivity index (χ4v) is 1.49. The molecule has 0 aromatic heterocycles. The van der Waals surface area contributed by atoms with E-state index < -0.39 is 12.2 Å². The molecule has 0 amide bonds. The van der Waals surface area contributed by atoms with Crippen LogP contribution in [0.3, 0.4) is 0 Å². The molecule has 0 fully saturated rings. The van der Waals surface area contributed by atoms with Crippen molar-refractivity contribution in [1.82, 2.24) is 0 Å². The van der Waals surface area contributed by atoms with Gasteiger partial charge >= 0.3 is 0 Å². The Balaban J connectivity index is 3.33. The molecule has 0 unspecified atom stereocenters. The maximum Gasteiger partial charge on any atom is 0.264 e. The Kier molecular flexibility index (Phi) is 3.82. The largest absolute Gasteiger partial charge is 0.494 e. The molecule has 16 heavy (non-hydrogen) atoms. The quantitative estimate of drug-likeness (QED) is 0.638. The van der Waals surface area contributed by atoms with Crippen LogP contribution in [0.1, 0.15) is 36.2 Å². The van der Waals surface area contributed by atoms with Crippen LogP contribution >= 0.6 is 0 Å². The van der Waals surface area contributed by atoms with Crippen molar-refractivity contribution in [2.24, 2.45) is 0 Å². The number of ketones is 1. The summed E-state index contributed by atoms with van der Waals surface area (Å²) in [5.74, 6) is -0.226. The molecular weight excluding hydrogens is 216 g/mol. The van der Waals surface area contributed by atoms with Crippen molar-refractivity contribution in [3.05, 3.63) is 23.3 Å². The number of hydrogen-bond acceptors (Lipinski definition) is 3. The number of benzene rings is 1. The first-order valence-electron chi connectivity index (χ1n) is 4.82. The average Bonchev–Trinajstić information content (AvgIpc) is 2.16. The molecule has 2 N–H and O–H groups in total. The summed E-state index contributed by atoms with van der Waals surface area (Å²) in [5.41, 5.74) is 5.07. The van der Waals surface area contributed by atoms with Crippen molar-refractivity contribution < 1.29 is 18.3 Å². The Labute approximate surface area is 92.2 Å². The molecule has 1 aromatic rings. The molecular formula is C11H13F2NO2. The van der Waals surface area contributed by atoms with Gasteiger partial charge in [-0.1, -0.05) is 0 Å². The fourth-order valence-electron chi connectivity index (χ4n) is 1.49. The topological polar surface area (TPSA) is 52.3 Å². The summed E-state index contributed by atoms with van der Waals surface area (Å²) in [6.07, 6.45) is -2.75. The number of hydrogen-bond donors (Lipinski definition) is 1. The standard InChI is InChI=1S/C11H13F2NO2/c1-3-16-7-4-8(11(12)13)10(6(2)15)9(14)5-7/h4-5,11H,3,14H2,1-2H3. The third kappa shape index (κ3) is 2.48. The van der Waals surface area contributed by atoms with Gasteiger partial charge in [0.1, 0.15) is 5.75 Å². The number of carbonyl (C=O) groups excluding carboxylic acids is 1. The van der Waals surface area contributed by atoms with E-state index in [9.17, 15) is 13.6 Å². The maximum absolute atomic E-state index is 12.7. The van der Waals surface area contributed by atoms with E-state index in [4.69, 9.17) is 10.5 Å². The van der Waals surface area contributed by atoms with Gasteiger partial charge in [-0.05, 0) is 19.9 Å². The van der Waals surface area contributed by atoms with Crippen molar-refractivity contribution in [3.8, 4) is 5.75 Å². The minimum atomic E-state index is -2.75. The lowest BCUT2D eigenvalue weighted by Gasteiger charge is -2.12. The Hall–Kier alpha value is -1.65. The van der Waals surface area contributed by atoms with E-state index in [1.165, 1.54) is 13.0 Å². The SMILES string of the molecule is CCOc1cc(N)c(C(C)=O)c(C(F)F)c1. The molecule has 0 saturated carbocycles. The van der Waals surface area contributed by atoms with Crippen molar-refractivity contribution in [2.75, 3.05) is 12.3 Å². The number of carbonyl (C=O) groups is 1. The van der Waals surface area contributed by atoms with Gasteiger partial charge in [-0.3, -0.25) is 4.79 Å². The van der Waals surface area contributed by atoms with Crippen LogP contribution in [0.25, 0.3) is 0 Å². The molecule has 1 aromatic carbocycles. The van der Waals surface area contributed by atoms with E-state index in [0.717, 1.165) is 6.07 Å². The molecule has 5 heteroatoms.